The van der Waals surface area contributed by atoms with Gasteiger partial charge in [-0.25, -0.2) is 9.97 Å². The van der Waals surface area contributed by atoms with E-state index < -0.39 is 0 Å². The lowest BCUT2D eigenvalue weighted by Crippen LogP contribution is -2.11. The number of aromatic nitrogens is 2. The first-order valence-electron chi connectivity index (χ1n) is 7.09. The summed E-state index contributed by atoms with van der Waals surface area (Å²) in [6.07, 6.45) is 1.74. The summed E-state index contributed by atoms with van der Waals surface area (Å²) < 4.78 is 1.10. The van der Waals surface area contributed by atoms with Gasteiger partial charge in [0.05, 0.1) is 5.69 Å². The number of rotatable bonds is 3. The smallest absolute Gasteiger partial charge is 0.255 e. The van der Waals surface area contributed by atoms with Gasteiger partial charge in [0.1, 0.15) is 5.82 Å². The van der Waals surface area contributed by atoms with Gasteiger partial charge in [-0.2, -0.15) is 0 Å². The van der Waals surface area contributed by atoms with Crippen molar-refractivity contribution in [2.45, 2.75) is 6.92 Å². The molecule has 23 heavy (non-hydrogen) atoms. The Morgan fingerprint density at radius 1 is 1.00 bits per heavy atom. The minimum atomic E-state index is -0.118. The van der Waals surface area contributed by atoms with Gasteiger partial charge in [0.15, 0.2) is 0 Å². The van der Waals surface area contributed by atoms with Gasteiger partial charge in [0.2, 0.25) is 0 Å². The highest BCUT2D eigenvalue weighted by Crippen LogP contribution is 2.20. The minimum Gasteiger partial charge on any atom is -0.322 e. The number of aryl methyl sites for hydroxylation is 1. The number of nitrogens with zero attached hydrogens (tertiary/aromatic N) is 2. The lowest BCUT2D eigenvalue weighted by molar-refractivity contribution is 0.102. The van der Waals surface area contributed by atoms with Crippen LogP contribution in [0.3, 0.4) is 0 Å². The molecule has 0 aliphatic carbocycles. The summed E-state index contributed by atoms with van der Waals surface area (Å²) in [5.41, 5.74) is 3.25. The first-order valence-corrected chi connectivity index (χ1v) is 8.17. The molecule has 3 aromatic rings. The average molecular weight is 415 g/mol. The van der Waals surface area contributed by atoms with Gasteiger partial charge in [-0.3, -0.25) is 4.79 Å². The molecule has 5 heteroatoms. The van der Waals surface area contributed by atoms with Crippen molar-refractivity contribution in [3.8, 4) is 11.3 Å². The predicted molar refractivity (Wildman–Crippen MR) is 99.3 cm³/mol. The number of nitrogens with one attached hydrogen (secondary N) is 1. The monoisotopic (exact) mass is 415 g/mol. The molecule has 0 radical (unpaired) electrons. The van der Waals surface area contributed by atoms with Crippen LogP contribution in [0.1, 0.15) is 16.2 Å². The second kappa shape index (κ2) is 6.87. The minimum absolute atomic E-state index is 0.118. The van der Waals surface area contributed by atoms with Gasteiger partial charge in [0.25, 0.3) is 5.91 Å². The Morgan fingerprint density at radius 2 is 1.70 bits per heavy atom. The van der Waals surface area contributed by atoms with Crippen LogP contribution in [-0.2, 0) is 0 Å². The van der Waals surface area contributed by atoms with E-state index in [-0.39, 0.29) is 5.91 Å². The molecule has 0 atom stereocenters. The molecule has 2 aromatic carbocycles. The summed E-state index contributed by atoms with van der Waals surface area (Å²) in [4.78, 5) is 20.7. The van der Waals surface area contributed by atoms with Crippen LogP contribution in [0.2, 0.25) is 0 Å². The maximum atomic E-state index is 12.2. The summed E-state index contributed by atoms with van der Waals surface area (Å²) in [6, 6.07) is 16.9. The second-order valence-corrected chi connectivity index (χ2v) is 6.27. The molecule has 0 bridgehead atoms. The molecule has 0 saturated heterocycles. The molecule has 0 saturated carbocycles. The molecule has 1 N–H and O–H groups in total. The standard InChI is InChI=1S/C18H14IN3O/c1-12-20-11-10-17(21-12)13-4-8-16(9-5-13)22-18(23)14-2-6-15(19)7-3-14/h2-11H,1H3,(H,22,23). The maximum Gasteiger partial charge on any atom is 0.255 e. The second-order valence-electron chi connectivity index (χ2n) is 5.03. The quantitative estimate of drug-likeness (QED) is 0.649. The summed E-state index contributed by atoms with van der Waals surface area (Å²) in [6.45, 7) is 1.86. The summed E-state index contributed by atoms with van der Waals surface area (Å²) in [7, 11) is 0. The van der Waals surface area contributed by atoms with E-state index in [4.69, 9.17) is 0 Å². The van der Waals surface area contributed by atoms with Crippen LogP contribution in [0.25, 0.3) is 11.3 Å². The third kappa shape index (κ3) is 3.92. The highest BCUT2D eigenvalue weighted by atomic mass is 127. The van der Waals surface area contributed by atoms with E-state index in [9.17, 15) is 4.79 Å². The molecule has 0 unspecified atom stereocenters. The van der Waals surface area contributed by atoms with E-state index in [1.807, 2.05) is 61.5 Å². The summed E-state index contributed by atoms with van der Waals surface area (Å²) in [5.74, 6) is 0.616. The van der Waals surface area contributed by atoms with Crippen molar-refractivity contribution in [2.24, 2.45) is 0 Å². The van der Waals surface area contributed by atoms with Crippen LogP contribution < -0.4 is 5.32 Å². The van der Waals surface area contributed by atoms with E-state index in [2.05, 4.69) is 37.9 Å². The lowest BCUT2D eigenvalue weighted by Gasteiger charge is -2.07. The molecule has 1 amide bonds. The van der Waals surface area contributed by atoms with Crippen LogP contribution in [-0.4, -0.2) is 15.9 Å². The number of carbonyl (C=O) groups excluding carboxylic acids is 1. The molecule has 1 aromatic heterocycles. The van der Waals surface area contributed by atoms with Gasteiger partial charge in [-0.15, -0.1) is 0 Å². The molecule has 4 nitrogen and oxygen atoms in total. The zero-order chi connectivity index (χ0) is 16.2. The number of amides is 1. The van der Waals surface area contributed by atoms with Crippen molar-refractivity contribution in [3.63, 3.8) is 0 Å². The highest BCUT2D eigenvalue weighted by Gasteiger charge is 2.06. The average Bonchev–Trinajstić information content (AvgIpc) is 2.56. The fraction of sp³-hybridized carbons (Fsp3) is 0.0556. The Hall–Kier alpha value is -2.28. The van der Waals surface area contributed by atoms with Crippen LogP contribution in [0.15, 0.2) is 60.8 Å². The fourth-order valence-corrected chi connectivity index (χ4v) is 2.51. The topological polar surface area (TPSA) is 54.9 Å². The molecule has 114 valence electrons. The van der Waals surface area contributed by atoms with E-state index >= 15 is 0 Å². The third-order valence-electron chi connectivity index (χ3n) is 3.32. The molecule has 3 rings (SSSR count). The third-order valence-corrected chi connectivity index (χ3v) is 4.04. The van der Waals surface area contributed by atoms with Crippen molar-refractivity contribution in [1.29, 1.82) is 0 Å². The number of anilines is 1. The predicted octanol–water partition coefficient (Wildman–Crippen LogP) is 4.31. The Kier molecular flexibility index (Phi) is 4.66. The van der Waals surface area contributed by atoms with Crippen molar-refractivity contribution in [3.05, 3.63) is 75.8 Å². The van der Waals surface area contributed by atoms with Gasteiger partial charge in [-0.05, 0) is 72.0 Å². The Bertz CT molecular complexity index is 830. The van der Waals surface area contributed by atoms with E-state index in [0.717, 1.165) is 26.3 Å². The Labute approximate surface area is 148 Å². The van der Waals surface area contributed by atoms with Crippen molar-refractivity contribution in [2.75, 3.05) is 5.32 Å². The van der Waals surface area contributed by atoms with Gasteiger partial charge in [-0.1, -0.05) is 12.1 Å². The highest BCUT2D eigenvalue weighted by molar-refractivity contribution is 14.1. The Morgan fingerprint density at radius 3 is 2.35 bits per heavy atom. The van der Waals surface area contributed by atoms with Crippen molar-refractivity contribution in [1.82, 2.24) is 9.97 Å². The van der Waals surface area contributed by atoms with Crippen molar-refractivity contribution < 1.29 is 4.79 Å². The van der Waals surface area contributed by atoms with Gasteiger partial charge in [0, 0.05) is 26.6 Å². The fourth-order valence-electron chi connectivity index (χ4n) is 2.15. The van der Waals surface area contributed by atoms with Crippen LogP contribution in [0, 0.1) is 10.5 Å². The summed E-state index contributed by atoms with van der Waals surface area (Å²) in [5, 5.41) is 2.89. The number of hydrogen-bond donors (Lipinski definition) is 1. The Balaban J connectivity index is 1.75. The first-order chi connectivity index (χ1) is 11.1. The molecule has 0 spiro atoms. The molecular formula is C18H14IN3O. The van der Waals surface area contributed by atoms with Gasteiger partial charge >= 0.3 is 0 Å². The summed E-state index contributed by atoms with van der Waals surface area (Å²) >= 11 is 2.21. The largest absolute Gasteiger partial charge is 0.322 e. The molecular weight excluding hydrogens is 401 g/mol. The van der Waals surface area contributed by atoms with Crippen LogP contribution in [0.4, 0.5) is 5.69 Å². The van der Waals surface area contributed by atoms with E-state index in [1.165, 1.54) is 0 Å². The van der Waals surface area contributed by atoms with E-state index in [1.54, 1.807) is 6.20 Å². The molecule has 0 fully saturated rings. The number of halogens is 1. The molecule has 1 heterocycles. The van der Waals surface area contributed by atoms with Gasteiger partial charge < -0.3 is 5.32 Å². The molecule has 0 aliphatic rings. The number of carbonyl (C=O) groups is 1. The molecule has 0 aliphatic heterocycles. The van der Waals surface area contributed by atoms with Crippen molar-refractivity contribution >= 4 is 34.2 Å². The number of hydrogen-bond acceptors (Lipinski definition) is 3. The first kappa shape index (κ1) is 15.6. The number of benzene rings is 2. The lowest BCUT2D eigenvalue weighted by atomic mass is 10.1. The van der Waals surface area contributed by atoms with E-state index in [0.29, 0.717) is 5.56 Å². The normalized spacial score (nSPS) is 10.3. The zero-order valence-corrected chi connectivity index (χ0v) is 14.6. The SMILES string of the molecule is Cc1nccc(-c2ccc(NC(=O)c3ccc(I)cc3)cc2)n1. The zero-order valence-electron chi connectivity index (χ0n) is 12.5. The van der Waals surface area contributed by atoms with Crippen LogP contribution in [0.5, 0.6) is 0 Å². The maximum absolute atomic E-state index is 12.2. The van der Waals surface area contributed by atoms with Crippen LogP contribution >= 0.6 is 22.6 Å².